The van der Waals surface area contributed by atoms with Crippen LogP contribution in [-0.4, -0.2) is 33.2 Å². The molecule has 2 amide bonds. The highest BCUT2D eigenvalue weighted by molar-refractivity contribution is 6.31. The fourth-order valence-corrected chi connectivity index (χ4v) is 5.08. The third-order valence-corrected chi connectivity index (χ3v) is 7.25. The highest BCUT2D eigenvalue weighted by Crippen LogP contribution is 2.37. The van der Waals surface area contributed by atoms with E-state index in [1.54, 1.807) is 21.7 Å². The molecule has 1 N–H and O–H groups in total. The van der Waals surface area contributed by atoms with Crippen molar-refractivity contribution in [2.75, 3.05) is 4.90 Å². The molecule has 1 aliphatic heterocycles. The van der Waals surface area contributed by atoms with Gasteiger partial charge in [-0.15, -0.1) is 0 Å². The molecule has 1 fully saturated rings. The van der Waals surface area contributed by atoms with Crippen LogP contribution in [0.15, 0.2) is 24.3 Å². The van der Waals surface area contributed by atoms with Crippen LogP contribution < -0.4 is 10.2 Å². The number of rotatable bonds is 3. The molecule has 0 radical (unpaired) electrons. The van der Waals surface area contributed by atoms with E-state index < -0.39 is 5.54 Å². The van der Waals surface area contributed by atoms with Crippen molar-refractivity contribution in [3.05, 3.63) is 46.2 Å². The summed E-state index contributed by atoms with van der Waals surface area (Å²) in [4.78, 5) is 29.4. The third kappa shape index (κ3) is 4.54. The summed E-state index contributed by atoms with van der Waals surface area (Å²) in [5.74, 6) is -0.367. The largest absolute Gasteiger partial charge is 0.351 e. The molecule has 7 heteroatoms. The number of nitrogens with zero attached hydrogens (tertiary/aromatic N) is 3. The van der Waals surface area contributed by atoms with E-state index in [-0.39, 0.29) is 29.8 Å². The van der Waals surface area contributed by atoms with Crippen molar-refractivity contribution in [3.8, 4) is 0 Å². The zero-order valence-corrected chi connectivity index (χ0v) is 21.1. The summed E-state index contributed by atoms with van der Waals surface area (Å²) < 4.78 is 1.71. The molecule has 0 spiro atoms. The van der Waals surface area contributed by atoms with Gasteiger partial charge in [-0.25, -0.2) is 0 Å². The molecule has 1 aromatic heterocycles. The average molecular weight is 471 g/mol. The van der Waals surface area contributed by atoms with Crippen molar-refractivity contribution in [1.29, 1.82) is 0 Å². The predicted octanol–water partition coefficient (Wildman–Crippen LogP) is 5.40. The zero-order valence-electron chi connectivity index (χ0n) is 20.4. The second kappa shape index (κ2) is 8.79. The number of aromatic nitrogens is 2. The van der Waals surface area contributed by atoms with Gasteiger partial charge in [-0.3, -0.25) is 19.2 Å². The number of hydrogen-bond donors (Lipinski definition) is 1. The van der Waals surface area contributed by atoms with Crippen LogP contribution >= 0.6 is 11.6 Å². The third-order valence-electron chi connectivity index (χ3n) is 7.01. The van der Waals surface area contributed by atoms with Gasteiger partial charge in [0, 0.05) is 22.2 Å². The van der Waals surface area contributed by atoms with Crippen molar-refractivity contribution in [2.45, 2.75) is 96.7 Å². The number of hydrogen-bond acceptors (Lipinski definition) is 3. The maximum absolute atomic E-state index is 13.9. The van der Waals surface area contributed by atoms with Crippen LogP contribution in [0.25, 0.3) is 0 Å². The van der Waals surface area contributed by atoms with Crippen LogP contribution in [0.5, 0.6) is 0 Å². The Bertz CT molecular complexity index is 1060. The standard InChI is InChI=1S/C26H35ClN4O2/c1-17-12-13-18(27)14-20(17)31-23(32)21-15-22(25(2,3)4)29-30(21)16-26(31,5)24(33)28-19-10-8-6-7-9-11-19/h12-15,19H,6-11,16H2,1-5H3,(H,28,33)/t26-/m0/s1. The Hall–Kier alpha value is -2.34. The summed E-state index contributed by atoms with van der Waals surface area (Å²) in [6.07, 6.45) is 6.62. The lowest BCUT2D eigenvalue weighted by molar-refractivity contribution is -0.127. The van der Waals surface area contributed by atoms with E-state index in [0.29, 0.717) is 16.4 Å². The Morgan fingerprint density at radius 3 is 2.45 bits per heavy atom. The van der Waals surface area contributed by atoms with Gasteiger partial charge in [-0.2, -0.15) is 5.10 Å². The molecule has 1 atom stereocenters. The summed E-state index contributed by atoms with van der Waals surface area (Å²) in [5, 5.41) is 8.56. The normalized spacial score (nSPS) is 22.1. The molecule has 1 aliphatic carbocycles. The fourth-order valence-electron chi connectivity index (χ4n) is 4.91. The van der Waals surface area contributed by atoms with Crippen LogP contribution in [0.3, 0.4) is 0 Å². The number of halogens is 1. The van der Waals surface area contributed by atoms with E-state index >= 15 is 0 Å². The first-order valence-corrected chi connectivity index (χ1v) is 12.4. The van der Waals surface area contributed by atoms with Gasteiger partial charge in [0.25, 0.3) is 5.91 Å². The summed E-state index contributed by atoms with van der Waals surface area (Å²) >= 11 is 6.34. The van der Waals surface area contributed by atoms with E-state index in [1.807, 2.05) is 26.0 Å². The molecule has 1 aromatic carbocycles. The second-order valence-electron chi connectivity index (χ2n) is 10.8. The molecule has 178 valence electrons. The Balaban J connectivity index is 1.79. The number of carbonyl (C=O) groups is 2. The van der Waals surface area contributed by atoms with E-state index in [4.69, 9.17) is 16.7 Å². The number of amides is 2. The summed E-state index contributed by atoms with van der Waals surface area (Å²) in [6.45, 7) is 10.3. The molecule has 2 aliphatic rings. The Morgan fingerprint density at radius 1 is 1.15 bits per heavy atom. The molecule has 0 saturated heterocycles. The van der Waals surface area contributed by atoms with E-state index in [0.717, 1.165) is 36.9 Å². The lowest BCUT2D eigenvalue weighted by Gasteiger charge is -2.44. The zero-order chi connectivity index (χ0) is 24.0. The number of fused-ring (bicyclic) bond motifs is 1. The van der Waals surface area contributed by atoms with Gasteiger partial charge in [-0.05, 0) is 50.5 Å². The van der Waals surface area contributed by atoms with Crippen molar-refractivity contribution in [2.24, 2.45) is 0 Å². The van der Waals surface area contributed by atoms with Crippen LogP contribution in [0.4, 0.5) is 5.69 Å². The van der Waals surface area contributed by atoms with Gasteiger partial charge >= 0.3 is 0 Å². The molecule has 4 rings (SSSR count). The predicted molar refractivity (Wildman–Crippen MR) is 132 cm³/mol. The SMILES string of the molecule is Cc1ccc(Cl)cc1N1C(=O)c2cc(C(C)(C)C)nn2C[C@@]1(C)C(=O)NC1CCCCCC1. The topological polar surface area (TPSA) is 67.2 Å². The minimum Gasteiger partial charge on any atom is -0.351 e. The van der Waals surface area contributed by atoms with E-state index in [1.165, 1.54) is 12.8 Å². The molecule has 0 unspecified atom stereocenters. The molecule has 2 heterocycles. The Kier molecular flexibility index (Phi) is 6.34. The number of carbonyl (C=O) groups excluding carboxylic acids is 2. The van der Waals surface area contributed by atoms with E-state index in [9.17, 15) is 9.59 Å². The molecule has 1 saturated carbocycles. The van der Waals surface area contributed by atoms with Crippen molar-refractivity contribution in [3.63, 3.8) is 0 Å². The fraction of sp³-hybridized carbons (Fsp3) is 0.577. The van der Waals surface area contributed by atoms with E-state index in [2.05, 4.69) is 26.1 Å². The Labute approximate surface area is 201 Å². The second-order valence-corrected chi connectivity index (χ2v) is 11.3. The highest BCUT2D eigenvalue weighted by atomic mass is 35.5. The first kappa shape index (κ1) is 23.8. The lowest BCUT2D eigenvalue weighted by atomic mass is 9.91. The molecule has 2 aromatic rings. The molecular weight excluding hydrogens is 436 g/mol. The first-order chi connectivity index (χ1) is 15.5. The van der Waals surface area contributed by atoms with Crippen molar-refractivity contribution in [1.82, 2.24) is 15.1 Å². The van der Waals surface area contributed by atoms with Crippen LogP contribution in [0.1, 0.15) is 88.0 Å². The number of anilines is 1. The minimum absolute atomic E-state index is 0.137. The van der Waals surface area contributed by atoms with Gasteiger partial charge in [0.2, 0.25) is 5.91 Å². The van der Waals surface area contributed by atoms with Crippen LogP contribution in [-0.2, 0) is 16.8 Å². The number of nitrogens with one attached hydrogen (secondary N) is 1. The average Bonchev–Trinajstić information content (AvgIpc) is 3.01. The Morgan fingerprint density at radius 2 is 1.82 bits per heavy atom. The van der Waals surface area contributed by atoms with Crippen molar-refractivity contribution >= 4 is 29.1 Å². The maximum atomic E-state index is 13.9. The van der Waals surface area contributed by atoms with Gasteiger partial charge in [0.1, 0.15) is 11.2 Å². The summed E-state index contributed by atoms with van der Waals surface area (Å²) in [7, 11) is 0. The quantitative estimate of drug-likeness (QED) is 0.610. The monoisotopic (exact) mass is 470 g/mol. The van der Waals surface area contributed by atoms with Gasteiger partial charge in [-0.1, -0.05) is 64.1 Å². The molecule has 33 heavy (non-hydrogen) atoms. The van der Waals surface area contributed by atoms with Gasteiger partial charge in [0.15, 0.2) is 0 Å². The number of aryl methyl sites for hydroxylation is 1. The van der Waals surface area contributed by atoms with Crippen LogP contribution in [0.2, 0.25) is 5.02 Å². The molecular formula is C26H35ClN4O2. The molecule has 0 bridgehead atoms. The first-order valence-electron chi connectivity index (χ1n) is 12.0. The smallest absolute Gasteiger partial charge is 0.277 e. The highest BCUT2D eigenvalue weighted by Gasteiger charge is 2.50. The summed E-state index contributed by atoms with van der Waals surface area (Å²) in [5.41, 5.74) is 1.55. The minimum atomic E-state index is -1.13. The van der Waals surface area contributed by atoms with Gasteiger partial charge < -0.3 is 5.32 Å². The lowest BCUT2D eigenvalue weighted by Crippen LogP contribution is -2.65. The maximum Gasteiger partial charge on any atom is 0.277 e. The summed E-state index contributed by atoms with van der Waals surface area (Å²) in [6, 6.07) is 7.47. The number of benzene rings is 1. The van der Waals surface area contributed by atoms with Crippen LogP contribution in [0, 0.1) is 6.92 Å². The van der Waals surface area contributed by atoms with Gasteiger partial charge in [0.05, 0.1) is 12.2 Å². The molecule has 6 nitrogen and oxygen atoms in total. The van der Waals surface area contributed by atoms with Crippen molar-refractivity contribution < 1.29 is 9.59 Å².